The van der Waals surface area contributed by atoms with E-state index in [1.807, 2.05) is 19.9 Å². The van der Waals surface area contributed by atoms with Crippen molar-refractivity contribution in [2.24, 2.45) is 0 Å². The first-order valence-corrected chi connectivity index (χ1v) is 15.1. The van der Waals surface area contributed by atoms with Gasteiger partial charge in [0.05, 0.1) is 19.6 Å². The monoisotopic (exact) mass is 664 g/mol. The molecule has 9 N–H and O–H groups in total. The molecule has 2 saturated heterocycles. The zero-order valence-electron chi connectivity index (χ0n) is 25.6. The van der Waals surface area contributed by atoms with Crippen LogP contribution in [0, 0.1) is 0 Å². The van der Waals surface area contributed by atoms with E-state index in [-0.39, 0.29) is 35.7 Å². The Balaban J connectivity index is 1.41. The molecule has 3 aliphatic heterocycles. The molecule has 0 radical (unpaired) electrons. The summed E-state index contributed by atoms with van der Waals surface area (Å²) in [5.41, 5.74) is 1.72. The third-order valence-electron chi connectivity index (χ3n) is 8.39. The lowest BCUT2D eigenvalue weighted by molar-refractivity contribution is -0.277. The molecule has 5 rings (SSSR count). The van der Waals surface area contributed by atoms with Gasteiger partial charge in [-0.05, 0) is 38.0 Å². The summed E-state index contributed by atoms with van der Waals surface area (Å²) < 4.78 is 28.7. The number of carbonyl (C=O) groups excluding carboxylic acids is 1. The van der Waals surface area contributed by atoms with Crippen molar-refractivity contribution in [1.82, 2.24) is 0 Å². The van der Waals surface area contributed by atoms with Gasteiger partial charge in [0, 0.05) is 11.6 Å². The molecular weight excluding hydrogens is 624 g/mol. The van der Waals surface area contributed by atoms with Crippen molar-refractivity contribution in [2.75, 3.05) is 13.2 Å². The van der Waals surface area contributed by atoms with Crippen molar-refractivity contribution in [2.45, 2.75) is 94.2 Å². The highest BCUT2D eigenvalue weighted by atomic mass is 16.7. The third kappa shape index (κ3) is 7.10. The lowest BCUT2D eigenvalue weighted by atomic mass is 9.92. The van der Waals surface area contributed by atoms with Crippen LogP contribution in [0.15, 0.2) is 42.0 Å². The molecule has 3 aliphatic rings. The lowest BCUT2D eigenvalue weighted by Gasteiger charge is -2.40. The van der Waals surface area contributed by atoms with E-state index < -0.39 is 92.3 Å². The molecule has 2 aromatic rings. The van der Waals surface area contributed by atoms with Crippen molar-refractivity contribution in [3.05, 3.63) is 58.7 Å². The van der Waals surface area contributed by atoms with E-state index in [0.29, 0.717) is 11.1 Å². The Labute approximate surface area is 269 Å². The van der Waals surface area contributed by atoms with Gasteiger partial charge in [0.25, 0.3) is 0 Å². The van der Waals surface area contributed by atoms with E-state index in [1.54, 1.807) is 12.1 Å². The van der Waals surface area contributed by atoms with Crippen molar-refractivity contribution in [3.8, 4) is 23.0 Å². The van der Waals surface area contributed by atoms with Gasteiger partial charge in [-0.25, -0.2) is 0 Å². The van der Waals surface area contributed by atoms with Gasteiger partial charge in [-0.15, -0.1) is 0 Å². The van der Waals surface area contributed by atoms with Crippen molar-refractivity contribution >= 4 is 5.78 Å². The molecule has 0 amide bonds. The van der Waals surface area contributed by atoms with Crippen LogP contribution in [0.25, 0.3) is 0 Å². The highest BCUT2D eigenvalue weighted by Gasteiger charge is 2.46. The predicted molar refractivity (Wildman–Crippen MR) is 159 cm³/mol. The molecule has 0 bridgehead atoms. The second-order valence-corrected chi connectivity index (χ2v) is 12.0. The fraction of sp³-hybridized carbons (Fsp3) is 0.531. The Bertz CT molecular complexity index is 1440. The topological polar surface area (TPSA) is 245 Å². The van der Waals surface area contributed by atoms with Crippen LogP contribution in [-0.4, -0.2) is 126 Å². The van der Waals surface area contributed by atoms with Crippen LogP contribution >= 0.6 is 0 Å². The van der Waals surface area contributed by atoms with Crippen molar-refractivity contribution in [3.63, 3.8) is 0 Å². The Morgan fingerprint density at radius 1 is 0.830 bits per heavy atom. The maximum Gasteiger partial charge on any atom is 0.229 e. The van der Waals surface area contributed by atoms with E-state index in [1.165, 1.54) is 18.2 Å². The van der Waals surface area contributed by atoms with E-state index in [2.05, 4.69) is 0 Å². The number of hydrogen-bond donors (Lipinski definition) is 9. The van der Waals surface area contributed by atoms with Crippen molar-refractivity contribution < 1.29 is 74.4 Å². The molecule has 0 aromatic heterocycles. The molecule has 11 atom stereocenters. The molecule has 2 aromatic carbocycles. The van der Waals surface area contributed by atoms with Crippen LogP contribution in [0.5, 0.6) is 23.0 Å². The second-order valence-electron chi connectivity index (χ2n) is 12.0. The van der Waals surface area contributed by atoms with Gasteiger partial charge in [-0.2, -0.15) is 0 Å². The van der Waals surface area contributed by atoms with Crippen LogP contribution in [0.2, 0.25) is 0 Å². The number of phenols is 1. The first kappa shape index (κ1) is 35.0. The highest BCUT2D eigenvalue weighted by Crippen LogP contribution is 2.47. The minimum atomic E-state index is -1.72. The van der Waals surface area contributed by atoms with E-state index >= 15 is 0 Å². The standard InChI is InChI=1S/C32H40O15/c1-13(2)3-8-16-20(45-32-29(42)27(40)25(38)22(12-34)47-32)10-18(36)23-17(35)9-19(44-30(16)23)14-4-6-15(7-5-14)43-31-28(41)26(39)24(37)21(11-33)46-31/h3-7,10,19,21-22,24-29,31-34,36-42H,8-9,11-12H2,1-2H3/t19-,21-,22-,24-,25-,26-,27+,28-,29-,31-,32-/m1/s1. The first-order chi connectivity index (χ1) is 22.3. The maximum absolute atomic E-state index is 13.4. The van der Waals surface area contributed by atoms with Crippen molar-refractivity contribution in [1.29, 1.82) is 0 Å². The third-order valence-corrected chi connectivity index (χ3v) is 8.39. The molecule has 0 saturated carbocycles. The molecule has 0 spiro atoms. The minimum Gasteiger partial charge on any atom is -0.507 e. The van der Waals surface area contributed by atoms with Gasteiger partial charge in [0.1, 0.15) is 83.5 Å². The smallest absolute Gasteiger partial charge is 0.229 e. The summed E-state index contributed by atoms with van der Waals surface area (Å²) in [4.78, 5) is 13.4. The summed E-state index contributed by atoms with van der Waals surface area (Å²) in [5, 5.41) is 91.2. The van der Waals surface area contributed by atoms with Gasteiger partial charge >= 0.3 is 0 Å². The molecule has 3 heterocycles. The van der Waals surface area contributed by atoms with Crippen LogP contribution in [0.4, 0.5) is 0 Å². The molecule has 15 nitrogen and oxygen atoms in total. The summed E-state index contributed by atoms with van der Waals surface area (Å²) in [5.74, 6) is -0.664. The number of ketones is 1. The first-order valence-electron chi connectivity index (χ1n) is 15.1. The average molecular weight is 665 g/mol. The van der Waals surface area contributed by atoms with Gasteiger partial charge in [-0.3, -0.25) is 4.79 Å². The van der Waals surface area contributed by atoms with Crippen LogP contribution in [0.1, 0.15) is 47.9 Å². The minimum absolute atomic E-state index is 0.0280. The number of carbonyl (C=O) groups is 1. The van der Waals surface area contributed by atoms with E-state index in [4.69, 9.17) is 23.7 Å². The summed E-state index contributed by atoms with van der Waals surface area (Å²) in [6.45, 7) is 2.43. The predicted octanol–water partition coefficient (Wildman–Crippen LogP) is -1.04. The van der Waals surface area contributed by atoms with Crippen LogP contribution < -0.4 is 14.2 Å². The summed E-state index contributed by atoms with van der Waals surface area (Å²) >= 11 is 0. The number of ether oxygens (including phenoxy) is 5. The fourth-order valence-corrected chi connectivity index (χ4v) is 5.66. The molecule has 0 unspecified atom stereocenters. The van der Waals surface area contributed by atoms with Gasteiger partial charge < -0.3 is 69.6 Å². The highest BCUT2D eigenvalue weighted by molar-refractivity contribution is 6.03. The second kappa shape index (κ2) is 14.4. The number of allylic oxidation sites excluding steroid dienone is 2. The molecule has 258 valence electrons. The average Bonchev–Trinajstić information content (AvgIpc) is 3.04. The summed E-state index contributed by atoms with van der Waals surface area (Å²) in [6.07, 6.45) is -14.1. The number of hydrogen-bond acceptors (Lipinski definition) is 15. The zero-order valence-corrected chi connectivity index (χ0v) is 25.6. The quantitative estimate of drug-likeness (QED) is 0.145. The maximum atomic E-state index is 13.4. The Kier molecular flexibility index (Phi) is 10.7. The van der Waals surface area contributed by atoms with E-state index in [0.717, 1.165) is 5.57 Å². The normalized spacial score (nSPS) is 33.8. The van der Waals surface area contributed by atoms with Gasteiger partial charge in [0.2, 0.25) is 12.6 Å². The number of phenolic OH excluding ortho intramolecular Hbond substituents is 1. The number of rotatable bonds is 9. The molecule has 2 fully saturated rings. The Morgan fingerprint density at radius 2 is 1.38 bits per heavy atom. The summed E-state index contributed by atoms with van der Waals surface area (Å²) in [7, 11) is 0. The van der Waals surface area contributed by atoms with Crippen LogP contribution in [-0.2, 0) is 15.9 Å². The number of aromatic hydroxyl groups is 1. The number of aliphatic hydroxyl groups excluding tert-OH is 8. The molecular formula is C32H40O15. The zero-order chi connectivity index (χ0) is 34.2. The SMILES string of the molecule is CC(C)=CCc1c(O[C@@H]2O[C@H](CO)[C@@H](O)[C@H](O)[C@H]2O)cc(O)c2c1O[C@@H](c1ccc(O[C@@H]3O[C@H](CO)[C@@H](O)[C@@H](O)[C@H]3O)cc1)CC2=O. The van der Waals surface area contributed by atoms with Gasteiger partial charge in [0.15, 0.2) is 5.78 Å². The lowest BCUT2D eigenvalue weighted by Crippen LogP contribution is -2.60. The molecule has 47 heavy (non-hydrogen) atoms. The number of fused-ring (bicyclic) bond motifs is 1. The largest absolute Gasteiger partial charge is 0.507 e. The Hall–Kier alpha value is -3.35. The number of Topliss-reactive ketones (excluding diaryl/α,β-unsaturated/α-hetero) is 1. The molecule has 15 heteroatoms. The fourth-order valence-electron chi connectivity index (χ4n) is 5.66. The number of benzene rings is 2. The molecule has 0 aliphatic carbocycles. The van der Waals surface area contributed by atoms with E-state index in [9.17, 15) is 50.8 Å². The number of aliphatic hydroxyl groups is 8. The van der Waals surface area contributed by atoms with Crippen LogP contribution in [0.3, 0.4) is 0 Å². The summed E-state index contributed by atoms with van der Waals surface area (Å²) in [6, 6.07) is 7.42. The van der Waals surface area contributed by atoms with Gasteiger partial charge in [-0.1, -0.05) is 23.8 Å². The Morgan fingerprint density at radius 3 is 1.91 bits per heavy atom.